The van der Waals surface area contributed by atoms with Crippen molar-refractivity contribution < 1.29 is 71.8 Å². The molecule has 358 valence electrons. The normalized spacial score (nSPS) is 16.0. The highest BCUT2D eigenvalue weighted by molar-refractivity contribution is 7.47. The van der Waals surface area contributed by atoms with Crippen LogP contribution in [-0.4, -0.2) is 92.8 Å². The largest absolute Gasteiger partial charge is 0.472 e. The zero-order chi connectivity index (χ0) is 46.9. The minimum atomic E-state index is -4.89. The third-order valence-electron chi connectivity index (χ3n) is 8.33. The van der Waals surface area contributed by atoms with Crippen molar-refractivity contribution in [3.63, 3.8) is 0 Å². The van der Waals surface area contributed by atoms with Crippen molar-refractivity contribution in [2.45, 2.75) is 141 Å². The summed E-state index contributed by atoms with van der Waals surface area (Å²) in [6.07, 6.45) is 41.6. The number of ether oxygens (including phenoxy) is 2. The Balaban J connectivity index is 4.80. The summed E-state index contributed by atoms with van der Waals surface area (Å²) in [6.45, 7) is 1.21. The second-order valence-corrected chi connectivity index (χ2v) is 16.9. The number of phosphoric acid groups is 2. The SMILES string of the molecule is CC/C=C\C/C=C\C/C=C\CCCCCCCC(=O)OC[C@H](COP(=O)(O)OC[C@@H](O)COP(=O)(O)O)OC(=O)CC/C=C\C/C=C\C[C@@H](O)/C=C/C=C\C=C\[C@@H](O)C/C=C\CC. The van der Waals surface area contributed by atoms with E-state index in [0.717, 1.165) is 57.8 Å². The van der Waals surface area contributed by atoms with Crippen LogP contribution in [0.15, 0.2) is 109 Å². The van der Waals surface area contributed by atoms with Crippen molar-refractivity contribution in [3.05, 3.63) is 109 Å². The number of unbranched alkanes of at least 4 members (excludes halogenated alkanes) is 5. The Hall–Kier alpha value is -3.30. The number of carbonyl (C=O) groups is 2. The van der Waals surface area contributed by atoms with Crippen molar-refractivity contribution >= 4 is 27.6 Å². The van der Waals surface area contributed by atoms with Gasteiger partial charge in [-0.15, -0.1) is 0 Å². The van der Waals surface area contributed by atoms with Gasteiger partial charge >= 0.3 is 27.6 Å². The van der Waals surface area contributed by atoms with Gasteiger partial charge in [-0.2, -0.15) is 0 Å². The van der Waals surface area contributed by atoms with Crippen molar-refractivity contribution in [1.82, 2.24) is 0 Å². The molecule has 0 aromatic heterocycles. The molecule has 0 aromatic carbocycles. The molecule has 0 aliphatic heterocycles. The maximum atomic E-state index is 12.6. The Morgan fingerprint density at radius 3 is 1.63 bits per heavy atom. The molecule has 5 atom stereocenters. The van der Waals surface area contributed by atoms with Crippen LogP contribution in [0, 0.1) is 0 Å². The molecule has 6 N–H and O–H groups in total. The molecule has 0 radical (unpaired) electrons. The van der Waals surface area contributed by atoms with Gasteiger partial charge in [-0.05, 0) is 70.6 Å². The number of esters is 2. The maximum Gasteiger partial charge on any atom is 0.472 e. The van der Waals surface area contributed by atoms with Gasteiger partial charge in [-0.3, -0.25) is 23.2 Å². The van der Waals surface area contributed by atoms with Crippen LogP contribution in [0.5, 0.6) is 0 Å². The van der Waals surface area contributed by atoms with Crippen LogP contribution >= 0.6 is 15.6 Å². The van der Waals surface area contributed by atoms with Crippen LogP contribution in [0.2, 0.25) is 0 Å². The van der Waals surface area contributed by atoms with Gasteiger partial charge in [0.2, 0.25) is 0 Å². The van der Waals surface area contributed by atoms with E-state index in [-0.39, 0.29) is 12.8 Å². The van der Waals surface area contributed by atoms with Gasteiger partial charge in [-0.1, -0.05) is 142 Å². The highest BCUT2D eigenvalue weighted by Crippen LogP contribution is 2.43. The fourth-order valence-electron chi connectivity index (χ4n) is 5.03. The van der Waals surface area contributed by atoms with Gasteiger partial charge in [-0.25, -0.2) is 9.13 Å². The summed E-state index contributed by atoms with van der Waals surface area (Å²) >= 11 is 0. The van der Waals surface area contributed by atoms with Gasteiger partial charge in [0.1, 0.15) is 12.7 Å². The number of hydrogen-bond acceptors (Lipinski definition) is 12. The number of hydrogen-bond donors (Lipinski definition) is 6. The lowest BCUT2D eigenvalue weighted by atomic mass is 10.1. The van der Waals surface area contributed by atoms with E-state index < -0.39 is 78.4 Å². The molecule has 1 unspecified atom stereocenters. The molecule has 0 spiro atoms. The molecule has 15 nitrogen and oxygen atoms in total. The van der Waals surface area contributed by atoms with Crippen molar-refractivity contribution in [2.75, 3.05) is 26.4 Å². The van der Waals surface area contributed by atoms with E-state index in [1.807, 2.05) is 37.3 Å². The third-order valence-corrected chi connectivity index (χ3v) is 9.76. The van der Waals surface area contributed by atoms with E-state index >= 15 is 0 Å². The fraction of sp³-hybridized carbons (Fsp3) is 0.565. The van der Waals surface area contributed by atoms with E-state index in [0.29, 0.717) is 32.1 Å². The smallest absolute Gasteiger partial charge is 0.462 e. The molecular weight excluding hydrogens is 854 g/mol. The molecule has 0 aromatic rings. The number of aliphatic hydroxyl groups excluding tert-OH is 3. The van der Waals surface area contributed by atoms with E-state index in [9.17, 15) is 38.9 Å². The van der Waals surface area contributed by atoms with Gasteiger partial charge in [0, 0.05) is 12.8 Å². The summed E-state index contributed by atoms with van der Waals surface area (Å²) in [5.41, 5.74) is 0. The monoisotopic (exact) mass is 928 g/mol. The Bertz CT molecular complexity index is 1560. The average Bonchev–Trinajstić information content (AvgIpc) is 3.23. The predicted octanol–water partition coefficient (Wildman–Crippen LogP) is 9.05. The van der Waals surface area contributed by atoms with Crippen molar-refractivity contribution in [3.8, 4) is 0 Å². The first-order valence-electron chi connectivity index (χ1n) is 21.8. The van der Waals surface area contributed by atoms with E-state index in [4.69, 9.17) is 23.8 Å². The topological polar surface area (TPSA) is 236 Å². The third kappa shape index (κ3) is 43.7. The molecule has 0 aliphatic carbocycles. The zero-order valence-electron chi connectivity index (χ0n) is 37.1. The lowest BCUT2D eigenvalue weighted by Gasteiger charge is -2.20. The first kappa shape index (κ1) is 59.7. The minimum Gasteiger partial charge on any atom is -0.462 e. The predicted molar refractivity (Wildman–Crippen MR) is 246 cm³/mol. The highest BCUT2D eigenvalue weighted by atomic mass is 31.2. The summed E-state index contributed by atoms with van der Waals surface area (Å²) in [5.74, 6) is -1.23. The van der Waals surface area contributed by atoms with E-state index in [2.05, 4.69) is 52.4 Å². The number of carbonyl (C=O) groups excluding carboxylic acids is 2. The van der Waals surface area contributed by atoms with Crippen LogP contribution < -0.4 is 0 Å². The maximum absolute atomic E-state index is 12.6. The van der Waals surface area contributed by atoms with E-state index in [1.165, 1.54) is 0 Å². The molecule has 0 saturated carbocycles. The molecule has 0 bridgehead atoms. The zero-order valence-corrected chi connectivity index (χ0v) is 38.9. The van der Waals surface area contributed by atoms with Gasteiger partial charge < -0.3 is 39.5 Å². The Kier molecular flexibility index (Phi) is 38.1. The Morgan fingerprint density at radius 2 is 1.02 bits per heavy atom. The van der Waals surface area contributed by atoms with Crippen LogP contribution in [0.3, 0.4) is 0 Å². The van der Waals surface area contributed by atoms with Crippen molar-refractivity contribution in [1.29, 1.82) is 0 Å². The second kappa shape index (κ2) is 40.2. The second-order valence-electron chi connectivity index (χ2n) is 14.3. The lowest BCUT2D eigenvalue weighted by Crippen LogP contribution is -2.29. The van der Waals surface area contributed by atoms with Crippen LogP contribution in [-0.2, 0) is 41.8 Å². The number of allylic oxidation sites excluding steroid dienone is 14. The summed E-state index contributed by atoms with van der Waals surface area (Å²) in [5, 5.41) is 29.7. The standard InChI is InChI=1S/C46H74O15P2/c1-3-5-7-8-9-10-11-12-13-14-15-16-17-21-29-35-45(50)57-39-44(40-60-63(55,56)59-38-43(49)37-58-62(52,53)54)61-46(51)36-30-22-19-18-20-26-32-42(48)34-28-24-23-27-33-41(47)31-25-6-4-2/h5-7,9-10,12-13,19-20,22-28,33-34,41-44,47-49H,3-4,8,11,14-18,21,29-32,35-40H2,1-2H3,(H,55,56)(H2,52,53,54)/b7-5-,10-9-,13-12-,22-19-,24-23-,25-6-,26-20-,33-27+,34-28+/t41-,42+,43-,44+/m0/s1. The summed E-state index contributed by atoms with van der Waals surface area (Å²) < 4.78 is 47.6. The quantitative estimate of drug-likeness (QED) is 0.0111. The van der Waals surface area contributed by atoms with Gasteiger partial charge in [0.25, 0.3) is 0 Å². The van der Waals surface area contributed by atoms with Gasteiger partial charge in [0.05, 0.1) is 32.0 Å². The summed E-state index contributed by atoms with van der Waals surface area (Å²) in [4.78, 5) is 52.7. The van der Waals surface area contributed by atoms with Crippen LogP contribution in [0.1, 0.15) is 117 Å². The van der Waals surface area contributed by atoms with Gasteiger partial charge in [0.15, 0.2) is 6.10 Å². The molecule has 0 saturated heterocycles. The molecule has 0 aliphatic rings. The summed E-state index contributed by atoms with van der Waals surface area (Å²) in [7, 11) is -9.76. The number of phosphoric ester groups is 2. The molecular formula is C46H74O15P2. The fourth-order valence-corrected chi connectivity index (χ4v) is 6.19. The Labute approximate surface area is 375 Å². The molecule has 17 heteroatoms. The van der Waals surface area contributed by atoms with E-state index in [1.54, 1.807) is 42.5 Å². The number of aliphatic hydroxyl groups is 3. The lowest BCUT2D eigenvalue weighted by molar-refractivity contribution is -0.161. The molecule has 0 amide bonds. The molecule has 0 rings (SSSR count). The minimum absolute atomic E-state index is 0.0609. The molecule has 63 heavy (non-hydrogen) atoms. The van der Waals surface area contributed by atoms with Crippen LogP contribution in [0.25, 0.3) is 0 Å². The van der Waals surface area contributed by atoms with Crippen LogP contribution in [0.4, 0.5) is 0 Å². The first-order chi connectivity index (χ1) is 30.2. The average molecular weight is 929 g/mol. The first-order valence-corrected chi connectivity index (χ1v) is 24.8. The molecule has 0 fully saturated rings. The Morgan fingerprint density at radius 1 is 0.524 bits per heavy atom. The highest BCUT2D eigenvalue weighted by Gasteiger charge is 2.28. The molecule has 0 heterocycles. The number of rotatable bonds is 39. The van der Waals surface area contributed by atoms with Crippen molar-refractivity contribution in [2.24, 2.45) is 0 Å². The summed E-state index contributed by atoms with van der Waals surface area (Å²) in [6, 6.07) is 0.